The van der Waals surface area contributed by atoms with E-state index in [2.05, 4.69) is 31.3 Å². The molecule has 0 aromatic heterocycles. The van der Waals surface area contributed by atoms with Crippen molar-refractivity contribution in [3.05, 3.63) is 28.8 Å². The fourth-order valence-corrected chi connectivity index (χ4v) is 4.01. The average molecular weight is 289 g/mol. The van der Waals surface area contributed by atoms with E-state index in [9.17, 15) is 0 Å². The third-order valence-electron chi connectivity index (χ3n) is 4.95. The molecule has 0 bridgehead atoms. The summed E-state index contributed by atoms with van der Waals surface area (Å²) in [5.74, 6) is 0.575. The second-order valence-electron chi connectivity index (χ2n) is 6.61. The van der Waals surface area contributed by atoms with E-state index >= 15 is 0 Å². The van der Waals surface area contributed by atoms with E-state index in [-0.39, 0.29) is 6.10 Å². The molecule has 0 saturated carbocycles. The number of hydrogen-bond donors (Lipinski definition) is 2. The lowest BCUT2D eigenvalue weighted by molar-refractivity contribution is -0.0388. The van der Waals surface area contributed by atoms with Crippen molar-refractivity contribution in [3.8, 4) is 0 Å². The van der Waals surface area contributed by atoms with Gasteiger partial charge in [0.1, 0.15) is 0 Å². The summed E-state index contributed by atoms with van der Waals surface area (Å²) < 4.78 is 6.17. The van der Waals surface area contributed by atoms with Crippen LogP contribution in [0.4, 0.5) is 5.69 Å². The smallest absolute Gasteiger partial charge is 0.0892 e. The van der Waals surface area contributed by atoms with Gasteiger partial charge in [-0.2, -0.15) is 0 Å². The number of unbranched alkanes of at least 4 members (excludes halogenated alkanes) is 1. The molecule has 2 aliphatic rings. The van der Waals surface area contributed by atoms with Crippen molar-refractivity contribution in [2.75, 3.05) is 18.5 Å². The number of benzene rings is 1. The number of aliphatic hydroxyl groups is 1. The Bertz CT molecular complexity index is 500. The minimum absolute atomic E-state index is 0.257. The zero-order chi connectivity index (χ0) is 14.8. The van der Waals surface area contributed by atoms with E-state index in [4.69, 9.17) is 9.84 Å². The van der Waals surface area contributed by atoms with Gasteiger partial charge in [0.05, 0.1) is 6.10 Å². The first-order valence-corrected chi connectivity index (χ1v) is 8.31. The third-order valence-corrected chi connectivity index (χ3v) is 4.95. The molecule has 1 aromatic rings. The molecule has 21 heavy (non-hydrogen) atoms. The van der Waals surface area contributed by atoms with E-state index in [1.165, 1.54) is 35.2 Å². The zero-order valence-electron chi connectivity index (χ0n) is 13.2. The number of ether oxygens (including phenoxy) is 1. The maximum absolute atomic E-state index is 9.02. The van der Waals surface area contributed by atoms with Crippen LogP contribution in [0.3, 0.4) is 0 Å². The Kier molecular flexibility index (Phi) is 4.51. The highest BCUT2D eigenvalue weighted by Gasteiger charge is 2.39. The Morgan fingerprint density at radius 3 is 2.95 bits per heavy atom. The number of aliphatic hydroxyl groups excluding tert-OH is 1. The second kappa shape index (κ2) is 6.37. The van der Waals surface area contributed by atoms with Crippen LogP contribution in [0.25, 0.3) is 0 Å². The van der Waals surface area contributed by atoms with Gasteiger partial charge in [-0.05, 0) is 51.5 Å². The van der Waals surface area contributed by atoms with E-state index in [0.717, 1.165) is 25.9 Å². The molecule has 0 radical (unpaired) electrons. The SMILES string of the molecule is Cc1cc(C)c2c(c1)[C@@H]1OCCC[C@@H]1[C@@H](CCCCO)N2. The quantitative estimate of drug-likeness (QED) is 0.830. The molecule has 3 heteroatoms. The van der Waals surface area contributed by atoms with Crippen LogP contribution in [-0.4, -0.2) is 24.4 Å². The fourth-order valence-electron chi connectivity index (χ4n) is 4.01. The van der Waals surface area contributed by atoms with Crippen molar-refractivity contribution < 1.29 is 9.84 Å². The Hall–Kier alpha value is -1.06. The number of hydrogen-bond acceptors (Lipinski definition) is 3. The molecule has 3 rings (SSSR count). The van der Waals surface area contributed by atoms with Crippen molar-refractivity contribution in [3.63, 3.8) is 0 Å². The molecule has 1 fully saturated rings. The fraction of sp³-hybridized carbons (Fsp3) is 0.667. The molecule has 3 atom stereocenters. The van der Waals surface area contributed by atoms with Gasteiger partial charge in [0.2, 0.25) is 0 Å². The minimum Gasteiger partial charge on any atom is -0.396 e. The van der Waals surface area contributed by atoms with Crippen LogP contribution in [0.2, 0.25) is 0 Å². The van der Waals surface area contributed by atoms with Crippen LogP contribution in [0.15, 0.2) is 12.1 Å². The summed E-state index contributed by atoms with van der Waals surface area (Å²) >= 11 is 0. The number of rotatable bonds is 4. The standard InChI is InChI=1S/C18H27NO2/c1-12-10-13(2)17-15(11-12)18-14(6-5-9-21-18)16(19-17)7-3-4-8-20/h10-11,14,16,18-20H,3-9H2,1-2H3/t14-,16-,18-/m1/s1. The van der Waals surface area contributed by atoms with Gasteiger partial charge in [0.15, 0.2) is 0 Å². The maximum Gasteiger partial charge on any atom is 0.0892 e. The molecule has 0 aliphatic carbocycles. The summed E-state index contributed by atoms with van der Waals surface area (Å²) in [6.07, 6.45) is 5.77. The van der Waals surface area contributed by atoms with Gasteiger partial charge in [-0.15, -0.1) is 0 Å². The number of nitrogens with one attached hydrogen (secondary N) is 1. The van der Waals surface area contributed by atoms with Crippen molar-refractivity contribution in [2.24, 2.45) is 5.92 Å². The van der Waals surface area contributed by atoms with Crippen LogP contribution in [0, 0.1) is 19.8 Å². The van der Waals surface area contributed by atoms with Gasteiger partial charge in [0, 0.05) is 36.4 Å². The van der Waals surface area contributed by atoms with Crippen LogP contribution in [-0.2, 0) is 4.74 Å². The highest BCUT2D eigenvalue weighted by atomic mass is 16.5. The molecule has 3 nitrogen and oxygen atoms in total. The molecular formula is C18H27NO2. The summed E-state index contributed by atoms with van der Waals surface area (Å²) in [5, 5.41) is 12.8. The molecule has 0 amide bonds. The first-order chi connectivity index (χ1) is 10.2. The Balaban J connectivity index is 1.89. The molecule has 1 aromatic carbocycles. The highest BCUT2D eigenvalue weighted by molar-refractivity contribution is 5.62. The lowest BCUT2D eigenvalue weighted by Gasteiger charge is -2.44. The van der Waals surface area contributed by atoms with Crippen molar-refractivity contribution >= 4 is 5.69 Å². The third kappa shape index (κ3) is 2.95. The summed E-state index contributed by atoms with van der Waals surface area (Å²) in [7, 11) is 0. The lowest BCUT2D eigenvalue weighted by atomic mass is 9.77. The Labute approximate surface area is 127 Å². The predicted molar refractivity (Wildman–Crippen MR) is 85.7 cm³/mol. The zero-order valence-corrected chi connectivity index (χ0v) is 13.2. The van der Waals surface area contributed by atoms with Crippen molar-refractivity contribution in [1.29, 1.82) is 0 Å². The van der Waals surface area contributed by atoms with Gasteiger partial charge in [-0.3, -0.25) is 0 Å². The van der Waals surface area contributed by atoms with E-state index < -0.39 is 0 Å². The van der Waals surface area contributed by atoms with Gasteiger partial charge >= 0.3 is 0 Å². The second-order valence-corrected chi connectivity index (χ2v) is 6.61. The first-order valence-electron chi connectivity index (χ1n) is 8.31. The topological polar surface area (TPSA) is 41.5 Å². The van der Waals surface area contributed by atoms with Gasteiger partial charge in [-0.25, -0.2) is 0 Å². The molecule has 2 aliphatic heterocycles. The van der Waals surface area contributed by atoms with Crippen LogP contribution in [0.1, 0.15) is 54.9 Å². The molecule has 2 N–H and O–H groups in total. The van der Waals surface area contributed by atoms with Crippen molar-refractivity contribution in [2.45, 2.75) is 58.1 Å². The largest absolute Gasteiger partial charge is 0.396 e. The monoisotopic (exact) mass is 289 g/mol. The number of aryl methyl sites for hydroxylation is 2. The van der Waals surface area contributed by atoms with E-state index in [1.54, 1.807) is 0 Å². The highest BCUT2D eigenvalue weighted by Crippen LogP contribution is 2.46. The van der Waals surface area contributed by atoms with Crippen molar-refractivity contribution in [1.82, 2.24) is 0 Å². The Morgan fingerprint density at radius 2 is 2.14 bits per heavy atom. The number of anilines is 1. The van der Waals surface area contributed by atoms with E-state index in [0.29, 0.717) is 18.6 Å². The van der Waals surface area contributed by atoms with Crippen LogP contribution < -0.4 is 5.32 Å². The van der Waals surface area contributed by atoms with Gasteiger partial charge in [0.25, 0.3) is 0 Å². The van der Waals surface area contributed by atoms with Crippen LogP contribution >= 0.6 is 0 Å². The average Bonchev–Trinajstić information content (AvgIpc) is 2.48. The molecule has 116 valence electrons. The predicted octanol–water partition coefficient (Wildman–Crippen LogP) is 3.73. The molecule has 2 heterocycles. The minimum atomic E-state index is 0.257. The van der Waals surface area contributed by atoms with Gasteiger partial charge < -0.3 is 15.2 Å². The lowest BCUT2D eigenvalue weighted by Crippen LogP contribution is -2.41. The normalized spacial score (nSPS) is 27.7. The maximum atomic E-state index is 9.02. The molecule has 0 unspecified atom stereocenters. The summed E-state index contributed by atoms with van der Waals surface area (Å²) in [6.45, 7) is 5.54. The van der Waals surface area contributed by atoms with Crippen LogP contribution in [0.5, 0.6) is 0 Å². The Morgan fingerprint density at radius 1 is 1.29 bits per heavy atom. The summed E-state index contributed by atoms with van der Waals surface area (Å²) in [5.41, 5.74) is 5.29. The summed E-state index contributed by atoms with van der Waals surface area (Å²) in [6, 6.07) is 5.03. The van der Waals surface area contributed by atoms with Gasteiger partial charge in [-0.1, -0.05) is 17.7 Å². The number of fused-ring (bicyclic) bond motifs is 3. The first kappa shape index (κ1) is 14.9. The molecule has 1 saturated heterocycles. The molecular weight excluding hydrogens is 262 g/mol. The molecule has 0 spiro atoms. The van der Waals surface area contributed by atoms with E-state index in [1.807, 2.05) is 0 Å². The summed E-state index contributed by atoms with van der Waals surface area (Å²) in [4.78, 5) is 0.